The molecule has 0 bridgehead atoms. The Balaban J connectivity index is 2.85. The number of esters is 1. The fourth-order valence-corrected chi connectivity index (χ4v) is 2.61. The molecular formula is C14H22N2O3S. The van der Waals surface area contributed by atoms with Gasteiger partial charge in [0.1, 0.15) is 0 Å². The number of thiophene rings is 1. The molecule has 5 nitrogen and oxygen atoms in total. The van der Waals surface area contributed by atoms with E-state index in [4.69, 9.17) is 5.73 Å². The maximum atomic E-state index is 12.3. The molecule has 0 aliphatic heterocycles. The number of rotatable bonds is 7. The summed E-state index contributed by atoms with van der Waals surface area (Å²) >= 11 is 1.49. The zero-order chi connectivity index (χ0) is 15.2. The van der Waals surface area contributed by atoms with Crippen LogP contribution in [0.15, 0.2) is 17.5 Å². The monoisotopic (exact) mass is 298 g/mol. The summed E-state index contributed by atoms with van der Waals surface area (Å²) in [6.07, 6.45) is 1.20. The first kappa shape index (κ1) is 16.7. The van der Waals surface area contributed by atoms with Gasteiger partial charge in [-0.25, -0.2) is 0 Å². The first-order chi connectivity index (χ1) is 9.46. The Kier molecular flexibility index (Phi) is 6.16. The summed E-state index contributed by atoms with van der Waals surface area (Å²) in [7, 11) is 1.33. The lowest BCUT2D eigenvalue weighted by Gasteiger charge is -2.28. The van der Waals surface area contributed by atoms with Gasteiger partial charge in [0, 0.05) is 4.88 Å². The summed E-state index contributed by atoms with van der Waals surface area (Å²) in [4.78, 5) is 24.7. The molecule has 0 saturated heterocycles. The minimum atomic E-state index is -0.897. The average Bonchev–Trinajstić information content (AvgIpc) is 2.99. The molecule has 0 spiro atoms. The number of carbonyl (C=O) groups excluding carboxylic acids is 2. The second kappa shape index (κ2) is 7.40. The topological polar surface area (TPSA) is 81.4 Å². The molecule has 1 heterocycles. The normalized spacial score (nSPS) is 12.8. The van der Waals surface area contributed by atoms with E-state index in [1.807, 2.05) is 31.4 Å². The van der Waals surface area contributed by atoms with E-state index in [1.165, 1.54) is 18.4 Å². The quantitative estimate of drug-likeness (QED) is 0.754. The minimum Gasteiger partial charge on any atom is -0.469 e. The van der Waals surface area contributed by atoms with Gasteiger partial charge >= 0.3 is 5.97 Å². The van der Waals surface area contributed by atoms with Gasteiger partial charge in [-0.3, -0.25) is 9.59 Å². The highest BCUT2D eigenvalue weighted by atomic mass is 32.1. The van der Waals surface area contributed by atoms with Gasteiger partial charge in [0.05, 0.1) is 25.1 Å². The van der Waals surface area contributed by atoms with Gasteiger partial charge in [0.2, 0.25) is 5.91 Å². The highest BCUT2D eigenvalue weighted by molar-refractivity contribution is 7.10. The average molecular weight is 298 g/mol. The standard InChI is InChI=1S/C14H22N2O3S/c1-4-14(15,5-2)13(18)16-10(9-12(17)19-3)11-7-6-8-20-11/h6-8,10H,4-5,9,15H2,1-3H3,(H,16,18). The van der Waals surface area contributed by atoms with E-state index in [9.17, 15) is 9.59 Å². The van der Waals surface area contributed by atoms with E-state index in [1.54, 1.807) is 0 Å². The van der Waals surface area contributed by atoms with Crippen LogP contribution in [0.1, 0.15) is 44.0 Å². The molecule has 3 N–H and O–H groups in total. The van der Waals surface area contributed by atoms with Crippen LogP contribution >= 0.6 is 11.3 Å². The van der Waals surface area contributed by atoms with E-state index in [0.29, 0.717) is 12.8 Å². The molecule has 0 aromatic carbocycles. The summed E-state index contributed by atoms with van der Waals surface area (Å²) < 4.78 is 4.68. The fourth-order valence-electron chi connectivity index (χ4n) is 1.84. The van der Waals surface area contributed by atoms with Crippen molar-refractivity contribution in [3.05, 3.63) is 22.4 Å². The van der Waals surface area contributed by atoms with Crippen molar-refractivity contribution < 1.29 is 14.3 Å². The van der Waals surface area contributed by atoms with Gasteiger partial charge in [-0.05, 0) is 24.3 Å². The van der Waals surface area contributed by atoms with Gasteiger partial charge in [-0.1, -0.05) is 19.9 Å². The summed E-state index contributed by atoms with van der Waals surface area (Å²) in [5, 5.41) is 4.78. The number of nitrogens with two attached hydrogens (primary N) is 1. The van der Waals surface area contributed by atoms with Crippen molar-refractivity contribution in [3.8, 4) is 0 Å². The number of methoxy groups -OCH3 is 1. The minimum absolute atomic E-state index is 0.103. The van der Waals surface area contributed by atoms with E-state index < -0.39 is 11.6 Å². The molecule has 0 aliphatic carbocycles. The van der Waals surface area contributed by atoms with Gasteiger partial charge in [0.25, 0.3) is 0 Å². The van der Waals surface area contributed by atoms with Crippen molar-refractivity contribution in [3.63, 3.8) is 0 Å². The molecule has 1 amide bonds. The van der Waals surface area contributed by atoms with Gasteiger partial charge < -0.3 is 15.8 Å². The van der Waals surface area contributed by atoms with Crippen molar-refractivity contribution in [2.75, 3.05) is 7.11 Å². The molecule has 1 rings (SSSR count). The van der Waals surface area contributed by atoms with Crippen molar-refractivity contribution in [1.29, 1.82) is 0 Å². The third kappa shape index (κ3) is 4.05. The Morgan fingerprint density at radius 1 is 1.45 bits per heavy atom. The van der Waals surface area contributed by atoms with Crippen molar-refractivity contribution >= 4 is 23.2 Å². The molecule has 20 heavy (non-hydrogen) atoms. The molecule has 112 valence electrons. The van der Waals surface area contributed by atoms with Crippen LogP contribution in [0.25, 0.3) is 0 Å². The van der Waals surface area contributed by atoms with E-state index in [0.717, 1.165) is 4.88 Å². The first-order valence-electron chi connectivity index (χ1n) is 6.66. The van der Waals surface area contributed by atoms with Crippen molar-refractivity contribution in [2.45, 2.75) is 44.7 Å². The molecular weight excluding hydrogens is 276 g/mol. The molecule has 1 atom stereocenters. The predicted molar refractivity (Wildman–Crippen MR) is 79.3 cm³/mol. The largest absolute Gasteiger partial charge is 0.469 e. The number of amides is 1. The zero-order valence-corrected chi connectivity index (χ0v) is 13.0. The Bertz CT molecular complexity index is 441. The third-order valence-corrected chi connectivity index (χ3v) is 4.49. The number of nitrogens with one attached hydrogen (secondary N) is 1. The van der Waals surface area contributed by atoms with Gasteiger partial charge in [-0.15, -0.1) is 11.3 Å². The lowest BCUT2D eigenvalue weighted by atomic mass is 9.92. The Morgan fingerprint density at radius 2 is 2.10 bits per heavy atom. The van der Waals surface area contributed by atoms with Crippen molar-refractivity contribution in [1.82, 2.24) is 5.32 Å². The van der Waals surface area contributed by atoms with Crippen LogP contribution < -0.4 is 11.1 Å². The van der Waals surface area contributed by atoms with Gasteiger partial charge in [-0.2, -0.15) is 0 Å². The third-order valence-electron chi connectivity index (χ3n) is 3.50. The smallest absolute Gasteiger partial charge is 0.307 e. The second-order valence-corrected chi connectivity index (χ2v) is 5.66. The summed E-state index contributed by atoms with van der Waals surface area (Å²) in [5.74, 6) is -0.593. The molecule has 0 saturated carbocycles. The number of ether oxygens (including phenoxy) is 1. The van der Waals surface area contributed by atoms with Crippen LogP contribution in [0.4, 0.5) is 0 Å². The lowest BCUT2D eigenvalue weighted by Crippen LogP contribution is -2.53. The predicted octanol–water partition coefficient (Wildman–Crippen LogP) is 1.99. The van der Waals surface area contributed by atoms with Crippen LogP contribution in [-0.2, 0) is 14.3 Å². The summed E-state index contributed by atoms with van der Waals surface area (Å²) in [6.45, 7) is 3.76. The number of carbonyl (C=O) groups is 2. The van der Waals surface area contributed by atoms with Gasteiger partial charge in [0.15, 0.2) is 0 Å². The Labute approximate surface area is 123 Å². The Morgan fingerprint density at radius 3 is 2.55 bits per heavy atom. The number of hydrogen-bond acceptors (Lipinski definition) is 5. The van der Waals surface area contributed by atoms with E-state index in [-0.39, 0.29) is 18.3 Å². The molecule has 6 heteroatoms. The molecule has 1 aromatic heterocycles. The SMILES string of the molecule is CCC(N)(CC)C(=O)NC(CC(=O)OC)c1cccs1. The van der Waals surface area contributed by atoms with Crippen LogP contribution in [0, 0.1) is 0 Å². The summed E-state index contributed by atoms with van der Waals surface area (Å²) in [5.41, 5.74) is 5.18. The Hall–Kier alpha value is -1.40. The van der Waals surface area contributed by atoms with E-state index in [2.05, 4.69) is 10.1 Å². The number of hydrogen-bond donors (Lipinski definition) is 2. The summed E-state index contributed by atoms with van der Waals surface area (Å²) in [6, 6.07) is 3.37. The van der Waals surface area contributed by atoms with Crippen molar-refractivity contribution in [2.24, 2.45) is 5.73 Å². The first-order valence-corrected chi connectivity index (χ1v) is 7.54. The fraction of sp³-hybridized carbons (Fsp3) is 0.571. The lowest BCUT2D eigenvalue weighted by molar-refractivity contribution is -0.141. The second-order valence-electron chi connectivity index (χ2n) is 4.68. The molecule has 1 unspecified atom stereocenters. The molecule has 1 aromatic rings. The van der Waals surface area contributed by atoms with Crippen LogP contribution in [-0.4, -0.2) is 24.5 Å². The van der Waals surface area contributed by atoms with Crippen LogP contribution in [0.2, 0.25) is 0 Å². The van der Waals surface area contributed by atoms with Crippen LogP contribution in [0.3, 0.4) is 0 Å². The highest BCUT2D eigenvalue weighted by Crippen LogP contribution is 2.24. The van der Waals surface area contributed by atoms with Crippen LogP contribution in [0.5, 0.6) is 0 Å². The van der Waals surface area contributed by atoms with E-state index >= 15 is 0 Å². The maximum Gasteiger partial charge on any atom is 0.307 e. The maximum absolute atomic E-state index is 12.3. The molecule has 0 fully saturated rings. The molecule has 0 aliphatic rings. The highest BCUT2D eigenvalue weighted by Gasteiger charge is 2.32. The molecule has 0 radical (unpaired) electrons. The zero-order valence-electron chi connectivity index (χ0n) is 12.1.